The number of aromatic nitrogens is 1. The van der Waals surface area contributed by atoms with Crippen molar-refractivity contribution in [1.82, 2.24) is 10.4 Å². The molecule has 0 aliphatic rings. The van der Waals surface area contributed by atoms with Crippen LogP contribution in [-0.2, 0) is 0 Å². The Morgan fingerprint density at radius 2 is 2.20 bits per heavy atom. The Kier molecular flexibility index (Phi) is 4.70. The van der Waals surface area contributed by atoms with E-state index in [1.54, 1.807) is 18.3 Å². The van der Waals surface area contributed by atoms with Crippen LogP contribution in [0.1, 0.15) is 15.9 Å². The van der Waals surface area contributed by atoms with Crippen LogP contribution >= 0.6 is 27.5 Å². The molecule has 0 saturated carbocycles. The van der Waals surface area contributed by atoms with Gasteiger partial charge in [-0.25, -0.2) is 5.43 Å². The van der Waals surface area contributed by atoms with Crippen molar-refractivity contribution in [2.45, 2.75) is 0 Å². The maximum atomic E-state index is 11.8. The minimum absolute atomic E-state index is 0.0246. The fourth-order valence-electron chi connectivity index (χ4n) is 1.39. The van der Waals surface area contributed by atoms with Gasteiger partial charge in [-0.05, 0) is 40.2 Å². The monoisotopic (exact) mass is 353 g/mol. The summed E-state index contributed by atoms with van der Waals surface area (Å²) in [6, 6.07) is 6.16. The number of carbonyl (C=O) groups excluding carboxylic acids is 1. The fourth-order valence-corrected chi connectivity index (χ4v) is 1.94. The Labute approximate surface area is 128 Å². The molecule has 0 bridgehead atoms. The molecule has 20 heavy (non-hydrogen) atoms. The molecule has 0 unspecified atom stereocenters. The van der Waals surface area contributed by atoms with Crippen LogP contribution in [-0.4, -0.2) is 22.2 Å². The van der Waals surface area contributed by atoms with Crippen LogP contribution in [0.3, 0.4) is 0 Å². The van der Waals surface area contributed by atoms with Gasteiger partial charge >= 0.3 is 0 Å². The average molecular weight is 355 g/mol. The highest BCUT2D eigenvalue weighted by Crippen LogP contribution is 2.19. The second kappa shape index (κ2) is 6.49. The number of nitrogens with zero attached hydrogens (tertiary/aromatic N) is 2. The van der Waals surface area contributed by atoms with Crippen LogP contribution in [0.25, 0.3) is 0 Å². The van der Waals surface area contributed by atoms with E-state index in [-0.39, 0.29) is 5.75 Å². The molecule has 0 fully saturated rings. The summed E-state index contributed by atoms with van der Waals surface area (Å²) < 4.78 is 0.696. The number of pyridine rings is 1. The molecule has 1 heterocycles. The third-order valence-corrected chi connectivity index (χ3v) is 3.00. The Bertz CT molecular complexity index is 676. The van der Waals surface area contributed by atoms with Crippen LogP contribution in [0.4, 0.5) is 0 Å². The summed E-state index contributed by atoms with van der Waals surface area (Å²) in [4.78, 5) is 15.6. The van der Waals surface area contributed by atoms with E-state index in [2.05, 4.69) is 31.4 Å². The van der Waals surface area contributed by atoms with Gasteiger partial charge < -0.3 is 5.11 Å². The Hall–Kier alpha value is -1.92. The van der Waals surface area contributed by atoms with E-state index in [0.29, 0.717) is 20.6 Å². The van der Waals surface area contributed by atoms with Crippen molar-refractivity contribution in [2.75, 3.05) is 0 Å². The van der Waals surface area contributed by atoms with Crippen LogP contribution in [0.5, 0.6) is 5.75 Å². The van der Waals surface area contributed by atoms with Gasteiger partial charge in [-0.2, -0.15) is 5.10 Å². The molecule has 7 heteroatoms. The van der Waals surface area contributed by atoms with Crippen molar-refractivity contribution in [3.05, 3.63) is 57.3 Å². The molecule has 0 aliphatic carbocycles. The number of hydrogen-bond acceptors (Lipinski definition) is 4. The van der Waals surface area contributed by atoms with Crippen molar-refractivity contribution in [2.24, 2.45) is 5.10 Å². The zero-order valence-electron chi connectivity index (χ0n) is 10.0. The van der Waals surface area contributed by atoms with Crippen LogP contribution in [0, 0.1) is 0 Å². The van der Waals surface area contributed by atoms with Gasteiger partial charge in [0.05, 0.1) is 11.8 Å². The normalized spacial score (nSPS) is 10.7. The summed E-state index contributed by atoms with van der Waals surface area (Å²) >= 11 is 9.02. The van der Waals surface area contributed by atoms with E-state index >= 15 is 0 Å². The minimum atomic E-state index is -0.406. The molecule has 1 amide bonds. The molecule has 2 aromatic rings. The van der Waals surface area contributed by atoms with Crippen molar-refractivity contribution >= 4 is 39.7 Å². The predicted molar refractivity (Wildman–Crippen MR) is 80.1 cm³/mol. The van der Waals surface area contributed by atoms with E-state index in [4.69, 9.17) is 11.6 Å². The van der Waals surface area contributed by atoms with E-state index in [1.807, 2.05) is 0 Å². The quantitative estimate of drug-likeness (QED) is 0.657. The standard InChI is InChI=1S/C13H9BrClN3O2/c14-10-3-9(5-16-7-10)13(20)18-17-6-8-4-11(15)1-2-12(8)19/h1-7,19H,(H,18,20). The molecule has 1 aromatic heterocycles. The summed E-state index contributed by atoms with van der Waals surface area (Å²) in [6.07, 6.45) is 4.31. The van der Waals surface area contributed by atoms with Gasteiger partial charge in [0.1, 0.15) is 5.75 Å². The summed E-state index contributed by atoms with van der Waals surface area (Å²) in [5, 5.41) is 13.8. The molecular formula is C13H9BrClN3O2. The molecule has 0 spiro atoms. The van der Waals surface area contributed by atoms with Crippen molar-refractivity contribution in [3.63, 3.8) is 0 Å². The maximum Gasteiger partial charge on any atom is 0.272 e. The van der Waals surface area contributed by atoms with Crippen molar-refractivity contribution in [3.8, 4) is 5.75 Å². The average Bonchev–Trinajstić information content (AvgIpc) is 2.42. The number of rotatable bonds is 3. The zero-order valence-corrected chi connectivity index (χ0v) is 12.4. The highest BCUT2D eigenvalue weighted by molar-refractivity contribution is 9.10. The third kappa shape index (κ3) is 3.79. The summed E-state index contributed by atoms with van der Waals surface area (Å²) in [5.74, 6) is -0.381. The second-order valence-corrected chi connectivity index (χ2v) is 5.15. The van der Waals surface area contributed by atoms with Gasteiger partial charge in [0, 0.05) is 27.5 Å². The molecule has 0 radical (unpaired) electrons. The van der Waals surface area contributed by atoms with Gasteiger partial charge in [0.25, 0.3) is 5.91 Å². The first-order valence-electron chi connectivity index (χ1n) is 5.49. The molecule has 2 rings (SSSR count). The number of nitrogens with one attached hydrogen (secondary N) is 1. The van der Waals surface area contributed by atoms with Gasteiger partial charge in [-0.15, -0.1) is 0 Å². The van der Waals surface area contributed by atoms with Crippen molar-refractivity contribution in [1.29, 1.82) is 0 Å². The first-order chi connectivity index (χ1) is 9.56. The summed E-state index contributed by atoms with van der Waals surface area (Å²) in [6.45, 7) is 0. The molecular weight excluding hydrogens is 346 g/mol. The SMILES string of the molecule is O=C(NN=Cc1cc(Cl)ccc1O)c1cncc(Br)c1. The Morgan fingerprint density at radius 3 is 2.95 bits per heavy atom. The number of aromatic hydroxyl groups is 1. The minimum Gasteiger partial charge on any atom is -0.507 e. The Balaban J connectivity index is 2.06. The number of carbonyl (C=O) groups is 1. The van der Waals surface area contributed by atoms with Crippen LogP contribution in [0.2, 0.25) is 5.02 Å². The smallest absolute Gasteiger partial charge is 0.272 e. The lowest BCUT2D eigenvalue weighted by molar-refractivity contribution is 0.0954. The van der Waals surface area contributed by atoms with E-state index in [0.717, 1.165) is 0 Å². The van der Waals surface area contributed by atoms with Crippen molar-refractivity contribution < 1.29 is 9.90 Å². The Morgan fingerprint density at radius 1 is 1.40 bits per heavy atom. The van der Waals surface area contributed by atoms with Gasteiger partial charge in [0.15, 0.2) is 0 Å². The molecule has 5 nitrogen and oxygen atoms in total. The lowest BCUT2D eigenvalue weighted by atomic mass is 10.2. The van der Waals surface area contributed by atoms with Crippen LogP contribution < -0.4 is 5.43 Å². The number of phenols is 1. The molecule has 0 aliphatic heterocycles. The summed E-state index contributed by atoms with van der Waals surface area (Å²) in [7, 11) is 0. The number of hydrogen-bond donors (Lipinski definition) is 2. The molecule has 0 saturated heterocycles. The first-order valence-corrected chi connectivity index (χ1v) is 6.66. The highest BCUT2D eigenvalue weighted by Gasteiger charge is 2.05. The lowest BCUT2D eigenvalue weighted by Gasteiger charge is -2.01. The zero-order chi connectivity index (χ0) is 14.5. The number of phenolic OH excluding ortho intramolecular Hbond substituents is 1. The molecule has 1 aromatic carbocycles. The van der Waals surface area contributed by atoms with E-state index in [9.17, 15) is 9.90 Å². The molecule has 0 atom stereocenters. The summed E-state index contributed by atoms with van der Waals surface area (Å²) in [5.41, 5.74) is 3.11. The molecule has 2 N–H and O–H groups in total. The number of halogens is 2. The van der Waals surface area contributed by atoms with E-state index < -0.39 is 5.91 Å². The largest absolute Gasteiger partial charge is 0.507 e. The second-order valence-electron chi connectivity index (χ2n) is 3.79. The maximum absolute atomic E-state index is 11.8. The first kappa shape index (κ1) is 14.5. The van der Waals surface area contributed by atoms with E-state index in [1.165, 1.54) is 24.5 Å². The highest BCUT2D eigenvalue weighted by atomic mass is 79.9. The lowest BCUT2D eigenvalue weighted by Crippen LogP contribution is -2.17. The van der Waals surface area contributed by atoms with Gasteiger partial charge in [-0.1, -0.05) is 11.6 Å². The van der Waals surface area contributed by atoms with Gasteiger partial charge in [0.2, 0.25) is 0 Å². The number of amides is 1. The van der Waals surface area contributed by atoms with Crippen LogP contribution in [0.15, 0.2) is 46.2 Å². The third-order valence-electron chi connectivity index (χ3n) is 2.33. The predicted octanol–water partition coefficient (Wildman–Crippen LogP) is 2.97. The topological polar surface area (TPSA) is 74.6 Å². The molecule has 102 valence electrons. The number of benzene rings is 1. The number of hydrazone groups is 1. The fraction of sp³-hybridized carbons (Fsp3) is 0. The van der Waals surface area contributed by atoms with Gasteiger partial charge in [-0.3, -0.25) is 9.78 Å².